The van der Waals surface area contributed by atoms with Crippen molar-refractivity contribution in [3.63, 3.8) is 0 Å². The Balaban J connectivity index is 2.97. The second-order valence-corrected chi connectivity index (χ2v) is 5.18. The van der Waals surface area contributed by atoms with Crippen molar-refractivity contribution in [2.24, 2.45) is 10.9 Å². The third kappa shape index (κ3) is 3.73. The van der Waals surface area contributed by atoms with Crippen molar-refractivity contribution in [1.29, 1.82) is 0 Å². The summed E-state index contributed by atoms with van der Waals surface area (Å²) in [5, 5.41) is 11.5. The van der Waals surface area contributed by atoms with Gasteiger partial charge in [0.1, 0.15) is 5.84 Å². The SMILES string of the molecule is Cc1cccc(C(=O)N(CCC(N)=NO)C(C)C)c1C. The van der Waals surface area contributed by atoms with Crippen LogP contribution in [0.2, 0.25) is 0 Å². The molecule has 0 aliphatic carbocycles. The number of amidine groups is 1. The molecule has 5 nitrogen and oxygen atoms in total. The van der Waals surface area contributed by atoms with E-state index in [9.17, 15) is 4.79 Å². The lowest BCUT2D eigenvalue weighted by atomic mass is 10.0. The third-order valence-corrected chi connectivity index (χ3v) is 3.46. The van der Waals surface area contributed by atoms with Gasteiger partial charge in [0.15, 0.2) is 0 Å². The minimum Gasteiger partial charge on any atom is -0.409 e. The number of aryl methyl sites for hydroxylation is 1. The van der Waals surface area contributed by atoms with E-state index in [0.717, 1.165) is 11.1 Å². The molecule has 1 aromatic rings. The number of hydrogen-bond acceptors (Lipinski definition) is 3. The predicted molar refractivity (Wildman–Crippen MR) is 80.1 cm³/mol. The van der Waals surface area contributed by atoms with Crippen LogP contribution in [-0.2, 0) is 0 Å². The Morgan fingerprint density at radius 2 is 2.05 bits per heavy atom. The van der Waals surface area contributed by atoms with E-state index in [1.807, 2.05) is 45.9 Å². The van der Waals surface area contributed by atoms with Crippen LogP contribution in [0.3, 0.4) is 0 Å². The lowest BCUT2D eigenvalue weighted by molar-refractivity contribution is 0.0710. The Morgan fingerprint density at radius 1 is 1.40 bits per heavy atom. The highest BCUT2D eigenvalue weighted by molar-refractivity contribution is 5.96. The molecule has 0 spiro atoms. The van der Waals surface area contributed by atoms with Crippen molar-refractivity contribution in [2.45, 2.75) is 40.2 Å². The smallest absolute Gasteiger partial charge is 0.254 e. The highest BCUT2D eigenvalue weighted by Crippen LogP contribution is 2.16. The van der Waals surface area contributed by atoms with Crippen LogP contribution >= 0.6 is 0 Å². The summed E-state index contributed by atoms with van der Waals surface area (Å²) >= 11 is 0. The van der Waals surface area contributed by atoms with Gasteiger partial charge >= 0.3 is 0 Å². The van der Waals surface area contributed by atoms with Crippen LogP contribution in [0.25, 0.3) is 0 Å². The van der Waals surface area contributed by atoms with Crippen LogP contribution in [0.15, 0.2) is 23.4 Å². The van der Waals surface area contributed by atoms with E-state index in [2.05, 4.69) is 5.16 Å². The number of amides is 1. The van der Waals surface area contributed by atoms with Crippen molar-refractivity contribution >= 4 is 11.7 Å². The molecule has 0 aliphatic rings. The molecule has 0 radical (unpaired) electrons. The van der Waals surface area contributed by atoms with Crippen molar-refractivity contribution < 1.29 is 10.0 Å². The van der Waals surface area contributed by atoms with Gasteiger partial charge in [-0.2, -0.15) is 0 Å². The maximum Gasteiger partial charge on any atom is 0.254 e. The molecule has 0 aliphatic heterocycles. The predicted octanol–water partition coefficient (Wildman–Crippen LogP) is 2.29. The summed E-state index contributed by atoms with van der Waals surface area (Å²) in [6.07, 6.45) is 0.352. The molecule has 0 saturated heterocycles. The molecule has 20 heavy (non-hydrogen) atoms. The number of nitrogens with two attached hydrogens (primary N) is 1. The van der Waals surface area contributed by atoms with E-state index in [-0.39, 0.29) is 17.8 Å². The number of carbonyl (C=O) groups is 1. The summed E-state index contributed by atoms with van der Waals surface area (Å²) in [7, 11) is 0. The van der Waals surface area contributed by atoms with Crippen LogP contribution in [0.1, 0.15) is 41.8 Å². The molecule has 0 bridgehead atoms. The van der Waals surface area contributed by atoms with Gasteiger partial charge in [0.25, 0.3) is 5.91 Å². The van der Waals surface area contributed by atoms with Gasteiger partial charge in [-0.15, -0.1) is 0 Å². The molecule has 110 valence electrons. The lowest BCUT2D eigenvalue weighted by Crippen LogP contribution is -2.39. The van der Waals surface area contributed by atoms with E-state index in [1.165, 1.54) is 0 Å². The topological polar surface area (TPSA) is 78.9 Å². The molecule has 0 heterocycles. The fourth-order valence-corrected chi connectivity index (χ4v) is 2.02. The molecule has 0 aromatic heterocycles. The van der Waals surface area contributed by atoms with Crippen molar-refractivity contribution in [3.05, 3.63) is 34.9 Å². The maximum atomic E-state index is 12.6. The molecular formula is C15H23N3O2. The Bertz CT molecular complexity index is 510. The van der Waals surface area contributed by atoms with E-state index in [0.29, 0.717) is 18.5 Å². The first-order valence-corrected chi connectivity index (χ1v) is 6.72. The van der Waals surface area contributed by atoms with Crippen LogP contribution in [0.4, 0.5) is 0 Å². The van der Waals surface area contributed by atoms with Crippen molar-refractivity contribution in [1.82, 2.24) is 4.90 Å². The highest BCUT2D eigenvalue weighted by atomic mass is 16.4. The quantitative estimate of drug-likeness (QED) is 0.375. The number of hydrogen-bond donors (Lipinski definition) is 2. The average molecular weight is 277 g/mol. The van der Waals surface area contributed by atoms with E-state index < -0.39 is 0 Å². The average Bonchev–Trinajstić information content (AvgIpc) is 2.41. The van der Waals surface area contributed by atoms with Gasteiger partial charge in [-0.25, -0.2) is 0 Å². The van der Waals surface area contributed by atoms with Crippen LogP contribution in [-0.4, -0.2) is 34.4 Å². The molecule has 0 atom stereocenters. The summed E-state index contributed by atoms with van der Waals surface area (Å²) in [5.74, 6) is 0.108. The van der Waals surface area contributed by atoms with E-state index in [4.69, 9.17) is 10.9 Å². The zero-order chi connectivity index (χ0) is 15.3. The van der Waals surface area contributed by atoms with Crippen molar-refractivity contribution in [3.8, 4) is 0 Å². The van der Waals surface area contributed by atoms with Gasteiger partial charge in [-0.05, 0) is 44.9 Å². The summed E-state index contributed by atoms with van der Waals surface area (Å²) in [6.45, 7) is 8.28. The van der Waals surface area contributed by atoms with E-state index in [1.54, 1.807) is 4.90 Å². The Labute approximate surface area is 120 Å². The van der Waals surface area contributed by atoms with Crippen molar-refractivity contribution in [2.75, 3.05) is 6.54 Å². The number of rotatable bonds is 5. The molecule has 0 saturated carbocycles. The minimum atomic E-state index is -0.0214. The summed E-state index contributed by atoms with van der Waals surface area (Å²) in [4.78, 5) is 14.4. The minimum absolute atomic E-state index is 0.0214. The van der Waals surface area contributed by atoms with E-state index >= 15 is 0 Å². The third-order valence-electron chi connectivity index (χ3n) is 3.46. The number of carbonyl (C=O) groups excluding carboxylic acids is 1. The summed E-state index contributed by atoms with van der Waals surface area (Å²) < 4.78 is 0. The first kappa shape index (κ1) is 16.0. The van der Waals surface area contributed by atoms with Gasteiger partial charge in [0.05, 0.1) is 0 Å². The zero-order valence-electron chi connectivity index (χ0n) is 12.6. The standard InChI is InChI=1S/C15H23N3O2/c1-10(2)18(9-8-14(16)17-20)15(19)13-7-5-6-11(3)12(13)4/h5-7,10,20H,8-9H2,1-4H3,(H2,16,17). The van der Waals surface area contributed by atoms with Gasteiger partial charge < -0.3 is 15.8 Å². The molecule has 0 fully saturated rings. The largest absolute Gasteiger partial charge is 0.409 e. The van der Waals surface area contributed by atoms with Gasteiger partial charge in [-0.3, -0.25) is 4.79 Å². The molecule has 5 heteroatoms. The molecule has 1 rings (SSSR count). The first-order valence-electron chi connectivity index (χ1n) is 6.72. The monoisotopic (exact) mass is 277 g/mol. The molecule has 3 N–H and O–H groups in total. The van der Waals surface area contributed by atoms with Gasteiger partial charge in [0, 0.05) is 24.6 Å². The second-order valence-electron chi connectivity index (χ2n) is 5.18. The fraction of sp³-hybridized carbons (Fsp3) is 0.467. The molecular weight excluding hydrogens is 254 g/mol. The molecule has 1 aromatic carbocycles. The highest BCUT2D eigenvalue weighted by Gasteiger charge is 2.20. The molecule has 0 unspecified atom stereocenters. The second kappa shape index (κ2) is 6.93. The number of nitrogens with zero attached hydrogens (tertiary/aromatic N) is 2. The summed E-state index contributed by atoms with van der Waals surface area (Å²) in [5.41, 5.74) is 8.27. The van der Waals surface area contributed by atoms with Gasteiger partial charge in [-0.1, -0.05) is 17.3 Å². The Morgan fingerprint density at radius 3 is 2.60 bits per heavy atom. The maximum absolute atomic E-state index is 12.6. The summed E-state index contributed by atoms with van der Waals surface area (Å²) in [6, 6.07) is 5.76. The lowest BCUT2D eigenvalue weighted by Gasteiger charge is -2.27. The fourth-order valence-electron chi connectivity index (χ4n) is 2.02. The van der Waals surface area contributed by atoms with Crippen LogP contribution in [0, 0.1) is 13.8 Å². The van der Waals surface area contributed by atoms with Crippen LogP contribution in [0.5, 0.6) is 0 Å². The number of benzene rings is 1. The normalized spacial score (nSPS) is 11.8. The zero-order valence-corrected chi connectivity index (χ0v) is 12.6. The Kier molecular flexibility index (Phi) is 5.55. The number of oxime groups is 1. The van der Waals surface area contributed by atoms with Crippen LogP contribution < -0.4 is 5.73 Å². The molecule has 1 amide bonds. The van der Waals surface area contributed by atoms with Gasteiger partial charge in [0.2, 0.25) is 0 Å². The Hall–Kier alpha value is -2.04. The first-order chi connectivity index (χ1) is 9.38.